The molecule has 1 aromatic carbocycles. The molecule has 0 aliphatic rings. The van der Waals surface area contributed by atoms with E-state index < -0.39 is 11.7 Å². The van der Waals surface area contributed by atoms with Gasteiger partial charge >= 0.3 is 6.18 Å². The highest BCUT2D eigenvalue weighted by Crippen LogP contribution is 2.30. The number of carbonyl (C=O) groups is 1. The summed E-state index contributed by atoms with van der Waals surface area (Å²) >= 11 is 1.23. The molecule has 1 N–H and O–H groups in total. The third kappa shape index (κ3) is 5.34. The topological polar surface area (TPSA) is 42.0 Å². The van der Waals surface area contributed by atoms with Crippen LogP contribution in [-0.4, -0.2) is 10.9 Å². The summed E-state index contributed by atoms with van der Waals surface area (Å²) in [7, 11) is 0. The zero-order chi connectivity index (χ0) is 17.6. The molecule has 0 aliphatic carbocycles. The summed E-state index contributed by atoms with van der Waals surface area (Å²) in [5.41, 5.74) is -0.133. The van der Waals surface area contributed by atoms with Crippen LogP contribution in [0, 0.1) is 0 Å². The number of alkyl halides is 3. The average molecular weight is 352 g/mol. The molecule has 0 atom stereocenters. The molecule has 0 radical (unpaired) electrons. The van der Waals surface area contributed by atoms with Crippen molar-refractivity contribution in [3.63, 3.8) is 0 Å². The molecule has 7 heteroatoms. The Morgan fingerprint density at radius 3 is 2.83 bits per heavy atom. The van der Waals surface area contributed by atoms with Crippen LogP contribution in [0.25, 0.3) is 0 Å². The van der Waals surface area contributed by atoms with Crippen LogP contribution in [0.4, 0.5) is 18.3 Å². The quantitative estimate of drug-likeness (QED) is 0.619. The lowest BCUT2D eigenvalue weighted by Crippen LogP contribution is -2.06. The Morgan fingerprint density at radius 1 is 1.33 bits per heavy atom. The Labute approximate surface area is 141 Å². The Balaban J connectivity index is 2.03. The van der Waals surface area contributed by atoms with Gasteiger partial charge in [-0.1, -0.05) is 36.4 Å². The molecule has 0 saturated carbocycles. The minimum absolute atomic E-state index is 0.312. The number of anilines is 1. The number of hydrogen-bond donors (Lipinski definition) is 1. The molecule has 126 valence electrons. The molecule has 0 spiro atoms. The molecular formula is C17H15F3N2OS. The third-order valence-electron chi connectivity index (χ3n) is 2.97. The molecule has 1 aromatic heterocycles. The number of aromatic nitrogens is 1. The smallest absolute Gasteiger partial charge is 0.298 e. The summed E-state index contributed by atoms with van der Waals surface area (Å²) in [6.45, 7) is 1.84. The fourth-order valence-electron chi connectivity index (χ4n) is 1.91. The van der Waals surface area contributed by atoms with Crippen LogP contribution in [0.3, 0.4) is 0 Å². The predicted molar refractivity (Wildman–Crippen MR) is 88.9 cm³/mol. The lowest BCUT2D eigenvalue weighted by Gasteiger charge is -2.07. The molecule has 2 aromatic rings. The summed E-state index contributed by atoms with van der Waals surface area (Å²) in [5, 5.41) is 3.02. The van der Waals surface area contributed by atoms with Crippen LogP contribution < -0.4 is 5.32 Å². The highest BCUT2D eigenvalue weighted by Gasteiger charge is 2.30. The van der Waals surface area contributed by atoms with Crippen LogP contribution >= 0.6 is 11.3 Å². The van der Waals surface area contributed by atoms with Crippen LogP contribution in [0.5, 0.6) is 0 Å². The molecule has 24 heavy (non-hydrogen) atoms. The van der Waals surface area contributed by atoms with Crippen molar-refractivity contribution >= 4 is 22.4 Å². The van der Waals surface area contributed by atoms with E-state index in [1.54, 1.807) is 30.5 Å². The number of nitrogens with one attached hydrogen (secondary N) is 1. The molecule has 0 fully saturated rings. The van der Waals surface area contributed by atoms with Crippen LogP contribution in [0.1, 0.15) is 22.9 Å². The zero-order valence-corrected chi connectivity index (χ0v) is 13.6. The van der Waals surface area contributed by atoms with Gasteiger partial charge in [-0.15, -0.1) is 11.3 Å². The van der Waals surface area contributed by atoms with E-state index in [-0.39, 0.29) is 5.91 Å². The molecule has 1 heterocycles. The number of amides is 1. The second kappa shape index (κ2) is 7.92. The first kappa shape index (κ1) is 17.9. The van der Waals surface area contributed by atoms with Gasteiger partial charge in [-0.25, -0.2) is 4.98 Å². The fourth-order valence-corrected chi connectivity index (χ4v) is 2.76. The number of benzene rings is 1. The van der Waals surface area contributed by atoms with Crippen molar-refractivity contribution in [2.45, 2.75) is 19.5 Å². The van der Waals surface area contributed by atoms with Gasteiger partial charge in [0.2, 0.25) is 5.91 Å². The van der Waals surface area contributed by atoms with Gasteiger partial charge in [-0.2, -0.15) is 13.2 Å². The van der Waals surface area contributed by atoms with Gasteiger partial charge < -0.3 is 0 Å². The SMILES string of the molecule is CC=CC=CC(=O)Nc1ncc(Cc2cccc(C(F)(F)F)c2)s1. The van der Waals surface area contributed by atoms with Crippen molar-refractivity contribution in [2.24, 2.45) is 0 Å². The van der Waals surface area contributed by atoms with Crippen molar-refractivity contribution in [2.75, 3.05) is 5.32 Å². The van der Waals surface area contributed by atoms with E-state index >= 15 is 0 Å². The summed E-state index contributed by atoms with van der Waals surface area (Å²) in [6, 6.07) is 5.18. The summed E-state index contributed by atoms with van der Waals surface area (Å²) < 4.78 is 38.1. The van der Waals surface area contributed by atoms with E-state index in [1.165, 1.54) is 23.5 Å². The van der Waals surface area contributed by atoms with Gasteiger partial charge in [0.15, 0.2) is 5.13 Å². The van der Waals surface area contributed by atoms with E-state index in [4.69, 9.17) is 0 Å². The third-order valence-corrected chi connectivity index (χ3v) is 3.88. The summed E-state index contributed by atoms with van der Waals surface area (Å²) in [4.78, 5) is 16.4. The molecular weight excluding hydrogens is 337 g/mol. The lowest BCUT2D eigenvalue weighted by molar-refractivity contribution is -0.137. The molecule has 3 nitrogen and oxygen atoms in total. The first-order valence-corrected chi connectivity index (χ1v) is 7.91. The van der Waals surface area contributed by atoms with Gasteiger partial charge in [0.1, 0.15) is 0 Å². The molecule has 0 bridgehead atoms. The average Bonchev–Trinajstić information content (AvgIpc) is 2.94. The van der Waals surface area contributed by atoms with Gasteiger partial charge in [-0.05, 0) is 18.6 Å². The van der Waals surface area contributed by atoms with Crippen LogP contribution in [0.2, 0.25) is 0 Å². The largest absolute Gasteiger partial charge is 0.416 e. The number of allylic oxidation sites excluding steroid dienone is 3. The van der Waals surface area contributed by atoms with E-state index in [0.29, 0.717) is 17.1 Å². The Morgan fingerprint density at radius 2 is 2.12 bits per heavy atom. The first-order chi connectivity index (χ1) is 11.4. The van der Waals surface area contributed by atoms with E-state index in [0.717, 1.165) is 17.0 Å². The number of rotatable bonds is 5. The molecule has 2 rings (SSSR count). The second-order valence-corrected chi connectivity index (χ2v) is 6.00. The predicted octanol–water partition coefficient (Wildman–Crippen LogP) is 4.82. The zero-order valence-electron chi connectivity index (χ0n) is 12.8. The minimum Gasteiger partial charge on any atom is -0.298 e. The maximum atomic E-state index is 12.7. The van der Waals surface area contributed by atoms with Crippen LogP contribution in [-0.2, 0) is 17.4 Å². The van der Waals surface area contributed by atoms with Crippen LogP contribution in [0.15, 0.2) is 54.8 Å². The number of halogens is 3. The Bertz CT molecular complexity index is 763. The number of hydrogen-bond acceptors (Lipinski definition) is 3. The fraction of sp³-hybridized carbons (Fsp3) is 0.176. The number of nitrogens with zero attached hydrogens (tertiary/aromatic N) is 1. The molecule has 1 amide bonds. The molecule has 0 aliphatic heterocycles. The number of carbonyl (C=O) groups excluding carboxylic acids is 1. The van der Waals surface area contributed by atoms with Gasteiger partial charge in [0.05, 0.1) is 5.56 Å². The molecule has 0 unspecified atom stereocenters. The van der Waals surface area contributed by atoms with Crippen molar-refractivity contribution < 1.29 is 18.0 Å². The standard InChI is InChI=1S/C17H15F3N2OS/c1-2-3-4-8-15(23)22-16-21-11-14(24-16)10-12-6-5-7-13(9-12)17(18,19)20/h2-9,11H,10H2,1H3,(H,21,22,23). The van der Waals surface area contributed by atoms with E-state index in [1.807, 2.05) is 6.92 Å². The minimum atomic E-state index is -4.36. The molecule has 0 saturated heterocycles. The van der Waals surface area contributed by atoms with Crippen molar-refractivity contribution in [1.82, 2.24) is 4.98 Å². The highest BCUT2D eigenvalue weighted by molar-refractivity contribution is 7.15. The highest BCUT2D eigenvalue weighted by atomic mass is 32.1. The monoisotopic (exact) mass is 352 g/mol. The maximum absolute atomic E-state index is 12.7. The van der Waals surface area contributed by atoms with Crippen molar-refractivity contribution in [3.05, 3.63) is 70.8 Å². The first-order valence-electron chi connectivity index (χ1n) is 7.09. The number of thiazole rings is 1. The summed E-state index contributed by atoms with van der Waals surface area (Å²) in [6.07, 6.45) is 4.01. The van der Waals surface area contributed by atoms with Gasteiger partial charge in [0.25, 0.3) is 0 Å². The van der Waals surface area contributed by atoms with Crippen molar-refractivity contribution in [3.8, 4) is 0 Å². The second-order valence-electron chi connectivity index (χ2n) is 4.88. The van der Waals surface area contributed by atoms with Gasteiger partial charge in [0, 0.05) is 23.6 Å². The normalized spacial score (nSPS) is 12.2. The summed E-state index contributed by atoms with van der Waals surface area (Å²) in [5.74, 6) is -0.312. The Kier molecular flexibility index (Phi) is 5.92. The maximum Gasteiger partial charge on any atom is 0.416 e. The Hall–Kier alpha value is -2.41. The van der Waals surface area contributed by atoms with Gasteiger partial charge in [-0.3, -0.25) is 10.1 Å². The lowest BCUT2D eigenvalue weighted by atomic mass is 10.1. The van der Waals surface area contributed by atoms with E-state index in [9.17, 15) is 18.0 Å². The van der Waals surface area contributed by atoms with Crippen molar-refractivity contribution in [1.29, 1.82) is 0 Å². The van der Waals surface area contributed by atoms with E-state index in [2.05, 4.69) is 10.3 Å².